The molecule has 178 valence electrons. The number of amidine groups is 1. The lowest BCUT2D eigenvalue weighted by Gasteiger charge is -2.30. The number of likely N-dealkylation sites (tertiary alicyclic amines) is 1. The second kappa shape index (κ2) is 9.83. The van der Waals surface area contributed by atoms with E-state index < -0.39 is 54.1 Å². The van der Waals surface area contributed by atoms with Gasteiger partial charge in [0, 0.05) is 32.3 Å². The molecule has 33 heavy (non-hydrogen) atoms. The van der Waals surface area contributed by atoms with E-state index in [2.05, 4.69) is 15.3 Å². The second-order valence-corrected chi connectivity index (χ2v) is 8.59. The van der Waals surface area contributed by atoms with Gasteiger partial charge in [0.1, 0.15) is 33.5 Å². The van der Waals surface area contributed by atoms with Gasteiger partial charge in [0.15, 0.2) is 5.69 Å². The van der Waals surface area contributed by atoms with E-state index in [4.69, 9.17) is 16.9 Å². The highest BCUT2D eigenvalue weighted by Gasteiger charge is 2.39. The van der Waals surface area contributed by atoms with E-state index in [0.717, 1.165) is 29.7 Å². The number of nitrogen functional groups attached to an aromatic ring is 1. The Morgan fingerprint density at radius 3 is 2.70 bits per heavy atom. The molecule has 2 atom stereocenters. The number of carbonyl (C=O) groups is 1. The number of thiazole rings is 1. The van der Waals surface area contributed by atoms with Crippen LogP contribution in [0.25, 0.3) is 10.6 Å². The smallest absolute Gasteiger partial charge is 0.273 e. The number of nitrogens with one attached hydrogen (secondary N) is 2. The molecule has 0 radical (unpaired) electrons. The molecular formula is C20H23F4N7OS. The molecule has 1 aliphatic heterocycles. The zero-order valence-corrected chi connectivity index (χ0v) is 18.4. The van der Waals surface area contributed by atoms with E-state index in [0.29, 0.717) is 0 Å². The third-order valence-electron chi connectivity index (χ3n) is 5.08. The monoisotopic (exact) mass is 485 g/mol. The molecule has 1 amide bonds. The number of rotatable bonds is 5. The summed E-state index contributed by atoms with van der Waals surface area (Å²) < 4.78 is 56.6. The summed E-state index contributed by atoms with van der Waals surface area (Å²) in [4.78, 5) is 22.1. The summed E-state index contributed by atoms with van der Waals surface area (Å²) in [5.41, 5.74) is 10.9. The normalized spacial score (nSPS) is 19.6. The third-order valence-corrected chi connectivity index (χ3v) is 5.98. The second-order valence-electron chi connectivity index (χ2n) is 7.56. The van der Waals surface area contributed by atoms with Gasteiger partial charge in [-0.25, -0.2) is 22.5 Å². The van der Waals surface area contributed by atoms with Crippen LogP contribution >= 0.6 is 11.3 Å². The molecule has 1 aliphatic rings. The number of aromatic nitrogens is 1. The quantitative estimate of drug-likeness (QED) is 0.293. The predicted octanol–water partition coefficient (Wildman–Crippen LogP) is 2.51. The van der Waals surface area contributed by atoms with Crippen molar-refractivity contribution in [2.45, 2.75) is 30.8 Å². The van der Waals surface area contributed by atoms with E-state index in [1.165, 1.54) is 18.0 Å². The Balaban J connectivity index is 1.84. The Morgan fingerprint density at radius 1 is 1.42 bits per heavy atom. The van der Waals surface area contributed by atoms with Crippen molar-refractivity contribution in [3.63, 3.8) is 0 Å². The first-order valence-corrected chi connectivity index (χ1v) is 10.7. The van der Waals surface area contributed by atoms with Crippen molar-refractivity contribution >= 4 is 34.3 Å². The van der Waals surface area contributed by atoms with Gasteiger partial charge in [-0.05, 0) is 18.6 Å². The van der Waals surface area contributed by atoms with Crippen molar-refractivity contribution in [3.05, 3.63) is 35.5 Å². The van der Waals surface area contributed by atoms with Gasteiger partial charge >= 0.3 is 0 Å². The molecule has 1 saturated heterocycles. The summed E-state index contributed by atoms with van der Waals surface area (Å²) >= 11 is 0.719. The van der Waals surface area contributed by atoms with Gasteiger partial charge in [0.25, 0.3) is 11.8 Å². The van der Waals surface area contributed by atoms with E-state index >= 15 is 0 Å². The predicted molar refractivity (Wildman–Crippen MR) is 119 cm³/mol. The van der Waals surface area contributed by atoms with Gasteiger partial charge in [0.05, 0.1) is 12.1 Å². The van der Waals surface area contributed by atoms with Gasteiger partial charge in [-0.2, -0.15) is 0 Å². The highest BCUT2D eigenvalue weighted by molar-refractivity contribution is 7.19. The first-order chi connectivity index (χ1) is 15.6. The van der Waals surface area contributed by atoms with Crippen LogP contribution in [0.3, 0.4) is 0 Å². The number of benzene rings is 1. The molecule has 6 N–H and O–H groups in total. The SMILES string of the molecule is CN=C(C(C=N)NC(=O)c1nc(-c2c(F)cccc2F)sc1N)N1CC[C@@H](N)CC(F)(F)C1. The maximum Gasteiger partial charge on any atom is 0.273 e. The molecule has 0 saturated carbocycles. The highest BCUT2D eigenvalue weighted by Crippen LogP contribution is 2.33. The van der Waals surface area contributed by atoms with Crippen LogP contribution in [0.5, 0.6) is 0 Å². The summed E-state index contributed by atoms with van der Waals surface area (Å²) in [6.45, 7) is -0.498. The van der Waals surface area contributed by atoms with Crippen molar-refractivity contribution in [1.29, 1.82) is 5.41 Å². The molecule has 1 aromatic heterocycles. The minimum Gasteiger partial charge on any atom is -0.389 e. The molecule has 1 aromatic carbocycles. The molecule has 2 aromatic rings. The van der Waals surface area contributed by atoms with Gasteiger partial charge in [0.2, 0.25) is 0 Å². The number of carbonyl (C=O) groups excluding carboxylic acids is 1. The van der Waals surface area contributed by atoms with Crippen LogP contribution in [-0.2, 0) is 0 Å². The Kier molecular flexibility index (Phi) is 7.32. The summed E-state index contributed by atoms with van der Waals surface area (Å²) in [6, 6.07) is 1.44. The zero-order valence-electron chi connectivity index (χ0n) is 17.6. The van der Waals surface area contributed by atoms with Gasteiger partial charge in [-0.15, -0.1) is 0 Å². The summed E-state index contributed by atoms with van der Waals surface area (Å²) in [7, 11) is 1.36. The molecule has 1 unspecified atom stereocenters. The van der Waals surface area contributed by atoms with Crippen molar-refractivity contribution < 1.29 is 22.4 Å². The molecule has 1 fully saturated rings. The zero-order chi connectivity index (χ0) is 24.3. The number of amides is 1. The number of halogens is 4. The lowest BCUT2D eigenvalue weighted by Crippen LogP contribution is -2.52. The van der Waals surface area contributed by atoms with Crippen LogP contribution in [0.15, 0.2) is 23.2 Å². The van der Waals surface area contributed by atoms with Crippen molar-refractivity contribution in [2.75, 3.05) is 25.9 Å². The van der Waals surface area contributed by atoms with Crippen LogP contribution in [0.2, 0.25) is 0 Å². The molecule has 3 rings (SSSR count). The van der Waals surface area contributed by atoms with E-state index in [1.54, 1.807) is 0 Å². The lowest BCUT2D eigenvalue weighted by atomic mass is 10.1. The number of nitrogens with zero attached hydrogens (tertiary/aromatic N) is 3. The van der Waals surface area contributed by atoms with Gasteiger partial charge < -0.3 is 27.1 Å². The van der Waals surface area contributed by atoms with Crippen LogP contribution in [0.4, 0.5) is 22.6 Å². The standard InChI is InChI=1S/C20H23F4N7OS/c1-28-17(31-6-5-10(26)7-20(23,24)9-31)13(8-25)29-18(32)15-16(27)33-19(30-15)14-11(21)3-2-4-12(14)22/h2-4,8,10,13,25H,5-7,9,26-27H2,1H3,(H,29,32)/t10-,13?/m1/s1. The fourth-order valence-electron chi connectivity index (χ4n) is 3.60. The van der Waals surface area contributed by atoms with Crippen molar-refractivity contribution in [1.82, 2.24) is 15.2 Å². The number of hydrogen-bond acceptors (Lipinski definition) is 7. The van der Waals surface area contributed by atoms with Crippen molar-refractivity contribution in [3.8, 4) is 10.6 Å². The largest absolute Gasteiger partial charge is 0.389 e. The molecule has 0 bridgehead atoms. The Hall–Kier alpha value is -3.06. The minimum absolute atomic E-state index is 0.0429. The van der Waals surface area contributed by atoms with Crippen LogP contribution in [0.1, 0.15) is 23.3 Å². The summed E-state index contributed by atoms with van der Waals surface area (Å²) in [5.74, 6) is -5.61. The fraction of sp³-hybridized carbons (Fsp3) is 0.400. The Bertz CT molecular complexity index is 1050. The maximum absolute atomic E-state index is 14.2. The first kappa shape index (κ1) is 24.6. The molecule has 8 nitrogen and oxygen atoms in total. The average Bonchev–Trinajstić information content (AvgIpc) is 3.05. The van der Waals surface area contributed by atoms with Crippen LogP contribution in [-0.4, -0.2) is 66.0 Å². The van der Waals surface area contributed by atoms with E-state index in [1.807, 2.05) is 0 Å². The number of aliphatic imine (C=N–C) groups is 1. The lowest BCUT2D eigenvalue weighted by molar-refractivity contribution is -0.0207. The average molecular weight is 486 g/mol. The Morgan fingerprint density at radius 2 is 2.09 bits per heavy atom. The first-order valence-electron chi connectivity index (χ1n) is 9.93. The molecular weight excluding hydrogens is 462 g/mol. The molecule has 13 heteroatoms. The summed E-state index contributed by atoms with van der Waals surface area (Å²) in [5, 5.41) is 9.94. The number of nitrogens with two attached hydrogens (primary N) is 2. The minimum atomic E-state index is -3.07. The van der Waals surface area contributed by atoms with Gasteiger partial charge in [-0.1, -0.05) is 17.4 Å². The number of hydrogen-bond donors (Lipinski definition) is 4. The number of anilines is 1. The van der Waals surface area contributed by atoms with E-state index in [9.17, 15) is 22.4 Å². The maximum atomic E-state index is 14.2. The topological polar surface area (TPSA) is 133 Å². The van der Waals surface area contributed by atoms with Crippen molar-refractivity contribution in [2.24, 2.45) is 10.7 Å². The Labute approximate surface area is 191 Å². The third kappa shape index (κ3) is 5.47. The van der Waals surface area contributed by atoms with E-state index in [-0.39, 0.29) is 34.5 Å². The molecule has 0 spiro atoms. The molecule has 2 heterocycles. The van der Waals surface area contributed by atoms with Crippen LogP contribution < -0.4 is 16.8 Å². The molecule has 0 aliphatic carbocycles. The summed E-state index contributed by atoms with van der Waals surface area (Å²) in [6.07, 6.45) is 0.639. The van der Waals surface area contributed by atoms with Gasteiger partial charge in [-0.3, -0.25) is 9.79 Å². The fourth-order valence-corrected chi connectivity index (χ4v) is 4.47. The number of alkyl halides is 2. The van der Waals surface area contributed by atoms with Crippen LogP contribution in [0, 0.1) is 17.0 Å². The highest BCUT2D eigenvalue weighted by atomic mass is 32.1.